The summed E-state index contributed by atoms with van der Waals surface area (Å²) >= 11 is 1.74. The van der Waals surface area contributed by atoms with Crippen LogP contribution in [0.2, 0.25) is 0 Å². The van der Waals surface area contributed by atoms with Crippen LogP contribution in [0.5, 0.6) is 5.75 Å². The minimum absolute atomic E-state index is 0.156. The van der Waals surface area contributed by atoms with Gasteiger partial charge in [0.15, 0.2) is 5.16 Å². The van der Waals surface area contributed by atoms with Crippen LogP contribution in [0.1, 0.15) is 0 Å². The molecule has 0 spiro atoms. The smallest absolute Gasteiger partial charge is 0.262 e. The first kappa shape index (κ1) is 17.0. The SMILES string of the molecule is COc1cccc(S(=O)(=O)Nc2ccc(-c3cn4c(n3)SCC4)cc2)c1. The van der Waals surface area contributed by atoms with Crippen LogP contribution in [0.3, 0.4) is 0 Å². The van der Waals surface area contributed by atoms with Crippen molar-refractivity contribution in [3.8, 4) is 17.0 Å². The molecular weight excluding hydrogens is 370 g/mol. The molecule has 6 nitrogen and oxygen atoms in total. The zero-order valence-electron chi connectivity index (χ0n) is 14.0. The molecule has 1 aliphatic heterocycles. The van der Waals surface area contributed by atoms with Gasteiger partial charge in [-0.25, -0.2) is 13.4 Å². The van der Waals surface area contributed by atoms with Gasteiger partial charge in [0, 0.05) is 35.8 Å². The van der Waals surface area contributed by atoms with Gasteiger partial charge in [0.2, 0.25) is 0 Å². The number of aromatic nitrogens is 2. The number of rotatable bonds is 5. The molecule has 3 aromatic rings. The average Bonchev–Trinajstić information content (AvgIpc) is 3.24. The first-order valence-electron chi connectivity index (χ1n) is 8.02. The number of nitrogens with one attached hydrogen (secondary N) is 1. The summed E-state index contributed by atoms with van der Waals surface area (Å²) in [5.41, 5.74) is 2.35. The standard InChI is InChI=1S/C18H17N3O3S2/c1-24-15-3-2-4-16(11-15)26(22,23)20-14-7-5-13(6-8-14)17-12-21-9-10-25-18(21)19-17/h2-8,11-12,20H,9-10H2,1H3. The molecule has 0 atom stereocenters. The van der Waals surface area contributed by atoms with Crippen LogP contribution in [-0.4, -0.2) is 30.8 Å². The van der Waals surface area contributed by atoms with E-state index in [9.17, 15) is 8.42 Å². The molecule has 0 bridgehead atoms. The molecule has 0 amide bonds. The van der Waals surface area contributed by atoms with Crippen LogP contribution in [0.25, 0.3) is 11.3 Å². The number of aryl methyl sites for hydroxylation is 1. The summed E-state index contributed by atoms with van der Waals surface area (Å²) in [5, 5.41) is 1.03. The maximum atomic E-state index is 12.5. The molecule has 2 heterocycles. The van der Waals surface area contributed by atoms with Gasteiger partial charge in [0.25, 0.3) is 10.0 Å². The second-order valence-electron chi connectivity index (χ2n) is 5.81. The first-order valence-corrected chi connectivity index (χ1v) is 10.5. The molecule has 4 rings (SSSR count). The number of hydrogen-bond acceptors (Lipinski definition) is 5. The third-order valence-corrected chi connectivity index (χ3v) is 6.44. The van der Waals surface area contributed by atoms with Crippen molar-refractivity contribution < 1.29 is 13.2 Å². The van der Waals surface area contributed by atoms with E-state index >= 15 is 0 Å². The normalized spacial score (nSPS) is 13.4. The fraction of sp³-hybridized carbons (Fsp3) is 0.167. The monoisotopic (exact) mass is 387 g/mol. The number of fused-ring (bicyclic) bond motifs is 1. The Kier molecular flexibility index (Phi) is 4.37. The Morgan fingerprint density at radius 2 is 2.00 bits per heavy atom. The highest BCUT2D eigenvalue weighted by atomic mass is 32.2. The lowest BCUT2D eigenvalue weighted by molar-refractivity contribution is 0.413. The largest absolute Gasteiger partial charge is 0.497 e. The van der Waals surface area contributed by atoms with Crippen LogP contribution in [0.15, 0.2) is 64.8 Å². The number of thioether (sulfide) groups is 1. The fourth-order valence-electron chi connectivity index (χ4n) is 2.74. The quantitative estimate of drug-likeness (QED) is 0.726. The lowest BCUT2D eigenvalue weighted by Gasteiger charge is -2.09. The predicted octanol–water partition coefficient (Wildman–Crippen LogP) is 3.47. The third kappa shape index (κ3) is 3.30. The Labute approximate surface area is 156 Å². The van der Waals surface area contributed by atoms with Gasteiger partial charge in [-0.15, -0.1) is 0 Å². The molecular formula is C18H17N3O3S2. The summed E-state index contributed by atoms with van der Waals surface area (Å²) in [5.74, 6) is 1.56. The Hall–Kier alpha value is -2.45. The fourth-order valence-corrected chi connectivity index (χ4v) is 4.78. The summed E-state index contributed by atoms with van der Waals surface area (Å²) < 4.78 is 34.9. The topological polar surface area (TPSA) is 73.2 Å². The van der Waals surface area contributed by atoms with E-state index in [4.69, 9.17) is 4.74 Å². The lowest BCUT2D eigenvalue weighted by Crippen LogP contribution is -2.12. The molecule has 0 saturated carbocycles. The van der Waals surface area contributed by atoms with Gasteiger partial charge >= 0.3 is 0 Å². The van der Waals surface area contributed by atoms with Crippen molar-refractivity contribution in [3.63, 3.8) is 0 Å². The maximum absolute atomic E-state index is 12.5. The van der Waals surface area contributed by atoms with Crippen LogP contribution < -0.4 is 9.46 Å². The van der Waals surface area contributed by atoms with E-state index < -0.39 is 10.0 Å². The van der Waals surface area contributed by atoms with Crippen LogP contribution in [0.4, 0.5) is 5.69 Å². The van der Waals surface area contributed by atoms with Crippen LogP contribution >= 0.6 is 11.8 Å². The number of benzene rings is 2. The highest BCUT2D eigenvalue weighted by molar-refractivity contribution is 7.99. The van der Waals surface area contributed by atoms with Crippen molar-refractivity contribution in [1.29, 1.82) is 0 Å². The molecule has 0 fully saturated rings. The number of methoxy groups -OCH3 is 1. The summed E-state index contributed by atoms with van der Waals surface area (Å²) in [7, 11) is -2.17. The van der Waals surface area contributed by atoms with Crippen molar-refractivity contribution in [1.82, 2.24) is 9.55 Å². The number of nitrogens with zero attached hydrogens (tertiary/aromatic N) is 2. The molecule has 8 heteroatoms. The Bertz CT molecular complexity index is 1020. The minimum atomic E-state index is -3.67. The molecule has 1 aliphatic rings. The van der Waals surface area contributed by atoms with Crippen molar-refractivity contribution in [2.75, 3.05) is 17.6 Å². The molecule has 1 N–H and O–H groups in total. The van der Waals surface area contributed by atoms with E-state index in [0.717, 1.165) is 28.7 Å². The number of anilines is 1. The molecule has 26 heavy (non-hydrogen) atoms. The van der Waals surface area contributed by atoms with E-state index in [1.54, 1.807) is 36.0 Å². The van der Waals surface area contributed by atoms with E-state index in [-0.39, 0.29) is 4.90 Å². The number of hydrogen-bond donors (Lipinski definition) is 1. The molecule has 0 aliphatic carbocycles. The van der Waals surface area contributed by atoms with Crippen LogP contribution in [0, 0.1) is 0 Å². The number of sulfonamides is 1. The molecule has 2 aromatic carbocycles. The molecule has 1 aromatic heterocycles. The van der Waals surface area contributed by atoms with Crippen molar-refractivity contribution >= 4 is 27.5 Å². The molecule has 0 saturated heterocycles. The van der Waals surface area contributed by atoms with E-state index in [0.29, 0.717) is 11.4 Å². The van der Waals surface area contributed by atoms with Crippen molar-refractivity contribution in [2.45, 2.75) is 16.6 Å². The number of ether oxygens (including phenoxy) is 1. The van der Waals surface area contributed by atoms with Gasteiger partial charge in [0.05, 0.1) is 17.7 Å². The second kappa shape index (κ2) is 6.69. The Morgan fingerprint density at radius 3 is 2.73 bits per heavy atom. The van der Waals surface area contributed by atoms with Gasteiger partial charge in [-0.1, -0.05) is 30.0 Å². The maximum Gasteiger partial charge on any atom is 0.262 e. The summed E-state index contributed by atoms with van der Waals surface area (Å²) in [6, 6.07) is 13.6. The van der Waals surface area contributed by atoms with E-state index in [1.807, 2.05) is 18.3 Å². The Balaban J connectivity index is 1.54. The zero-order valence-corrected chi connectivity index (χ0v) is 15.7. The van der Waals surface area contributed by atoms with Crippen molar-refractivity contribution in [3.05, 3.63) is 54.7 Å². The highest BCUT2D eigenvalue weighted by Gasteiger charge is 2.17. The summed E-state index contributed by atoms with van der Waals surface area (Å²) in [6.07, 6.45) is 2.03. The number of imidazole rings is 1. The van der Waals surface area contributed by atoms with E-state index in [2.05, 4.69) is 14.3 Å². The first-order chi connectivity index (χ1) is 12.5. The van der Waals surface area contributed by atoms with Gasteiger partial charge in [-0.3, -0.25) is 4.72 Å². The van der Waals surface area contributed by atoms with Gasteiger partial charge in [0.1, 0.15) is 5.75 Å². The highest BCUT2D eigenvalue weighted by Crippen LogP contribution is 2.29. The lowest BCUT2D eigenvalue weighted by atomic mass is 10.1. The summed E-state index contributed by atoms with van der Waals surface area (Å²) in [4.78, 5) is 4.76. The van der Waals surface area contributed by atoms with E-state index in [1.165, 1.54) is 19.2 Å². The zero-order chi connectivity index (χ0) is 18.1. The van der Waals surface area contributed by atoms with Gasteiger partial charge in [-0.05, 0) is 24.3 Å². The van der Waals surface area contributed by atoms with Gasteiger partial charge in [-0.2, -0.15) is 0 Å². The second-order valence-corrected chi connectivity index (χ2v) is 8.56. The van der Waals surface area contributed by atoms with Crippen LogP contribution in [-0.2, 0) is 16.6 Å². The predicted molar refractivity (Wildman–Crippen MR) is 102 cm³/mol. The molecule has 0 radical (unpaired) electrons. The summed E-state index contributed by atoms with van der Waals surface area (Å²) in [6.45, 7) is 0.978. The minimum Gasteiger partial charge on any atom is -0.497 e. The van der Waals surface area contributed by atoms with Gasteiger partial charge < -0.3 is 9.30 Å². The Morgan fingerprint density at radius 1 is 1.19 bits per heavy atom. The van der Waals surface area contributed by atoms with Crippen molar-refractivity contribution in [2.24, 2.45) is 0 Å². The average molecular weight is 387 g/mol. The third-order valence-electron chi connectivity index (χ3n) is 4.09. The molecule has 0 unspecified atom stereocenters. The molecule has 134 valence electrons.